The van der Waals surface area contributed by atoms with Gasteiger partial charge in [-0.3, -0.25) is 0 Å². The van der Waals surface area contributed by atoms with Crippen LogP contribution in [0.4, 0.5) is 0 Å². The lowest BCUT2D eigenvalue weighted by molar-refractivity contribution is 0.434. The summed E-state index contributed by atoms with van der Waals surface area (Å²) in [5.41, 5.74) is 7.01. The van der Waals surface area contributed by atoms with Crippen LogP contribution in [0, 0.1) is 19.3 Å². The van der Waals surface area contributed by atoms with E-state index in [1.165, 1.54) is 76.2 Å². The smallest absolute Gasteiger partial charge is 0.0223 e. The molecule has 2 aliphatic carbocycles. The summed E-state index contributed by atoms with van der Waals surface area (Å²) in [6, 6.07) is 4.98. The van der Waals surface area contributed by atoms with Gasteiger partial charge in [-0.05, 0) is 106 Å². The van der Waals surface area contributed by atoms with Gasteiger partial charge in [0.1, 0.15) is 0 Å². The Kier molecular flexibility index (Phi) is 5.45. The molecule has 0 saturated heterocycles. The van der Waals surface area contributed by atoms with Crippen molar-refractivity contribution in [1.82, 2.24) is 0 Å². The Bertz CT molecular complexity index is 549. The summed E-state index contributed by atoms with van der Waals surface area (Å²) < 4.78 is 0.678. The van der Waals surface area contributed by atoms with Gasteiger partial charge in [-0.1, -0.05) is 48.1 Å². The first-order valence-corrected chi connectivity index (χ1v) is 10.8. The molecule has 0 atom stereocenters. The average Bonchev–Trinajstić information content (AvgIpc) is 3.43. The molecule has 0 unspecified atom stereocenters. The van der Waals surface area contributed by atoms with Gasteiger partial charge in [0.15, 0.2) is 0 Å². The second-order valence-electron chi connectivity index (χ2n) is 8.41. The van der Waals surface area contributed by atoms with Gasteiger partial charge in [-0.15, -0.1) is 0 Å². The molecule has 1 heteroatoms. The Morgan fingerprint density at radius 1 is 0.957 bits per heavy atom. The molecule has 0 heterocycles. The van der Waals surface area contributed by atoms with Gasteiger partial charge in [0.25, 0.3) is 0 Å². The largest absolute Gasteiger partial charge is 0.0789 e. The minimum absolute atomic E-state index is 0.678. The third-order valence-corrected chi connectivity index (χ3v) is 8.20. The summed E-state index contributed by atoms with van der Waals surface area (Å²) in [5, 5.41) is 0. The van der Waals surface area contributed by atoms with Gasteiger partial charge in [0, 0.05) is 3.42 Å². The van der Waals surface area contributed by atoms with E-state index in [0.29, 0.717) is 3.42 Å². The highest BCUT2D eigenvalue weighted by Crippen LogP contribution is 2.52. The molecule has 2 aliphatic rings. The average molecular weight is 424 g/mol. The third-order valence-electron chi connectivity index (χ3n) is 6.58. The van der Waals surface area contributed by atoms with E-state index in [4.69, 9.17) is 0 Å². The Morgan fingerprint density at radius 2 is 1.65 bits per heavy atom. The third kappa shape index (κ3) is 4.74. The van der Waals surface area contributed by atoms with Gasteiger partial charge >= 0.3 is 0 Å². The van der Waals surface area contributed by atoms with Crippen molar-refractivity contribution in [3.05, 3.63) is 34.4 Å². The van der Waals surface area contributed by atoms with Gasteiger partial charge in [-0.2, -0.15) is 0 Å². The second-order valence-corrected chi connectivity index (χ2v) is 10.7. The minimum atomic E-state index is 0.678. The molecule has 23 heavy (non-hydrogen) atoms. The van der Waals surface area contributed by atoms with Gasteiger partial charge in [-0.25, -0.2) is 0 Å². The zero-order valence-electron chi connectivity index (χ0n) is 15.3. The number of rotatable bonds is 9. The lowest BCUT2D eigenvalue weighted by Gasteiger charge is -2.15. The molecule has 0 radical (unpaired) electrons. The number of benzene rings is 1. The predicted octanol–water partition coefficient (Wildman–Crippen LogP) is 7.11. The fraction of sp³-hybridized carbons (Fsp3) is 0.727. The highest BCUT2D eigenvalue weighted by atomic mass is 127. The number of hydrogen-bond donors (Lipinski definition) is 0. The van der Waals surface area contributed by atoms with Crippen molar-refractivity contribution in [3.63, 3.8) is 0 Å². The first-order valence-electron chi connectivity index (χ1n) is 9.73. The lowest BCUT2D eigenvalue weighted by Crippen LogP contribution is -2.02. The zero-order chi connectivity index (χ0) is 16.5. The van der Waals surface area contributed by atoms with E-state index in [0.717, 1.165) is 5.41 Å². The van der Waals surface area contributed by atoms with Gasteiger partial charge in [0.2, 0.25) is 0 Å². The summed E-state index contributed by atoms with van der Waals surface area (Å²) >= 11 is 2.69. The van der Waals surface area contributed by atoms with Crippen LogP contribution < -0.4 is 0 Å². The van der Waals surface area contributed by atoms with Crippen LogP contribution in [0.2, 0.25) is 0 Å². The zero-order valence-corrected chi connectivity index (χ0v) is 17.5. The Labute approximate surface area is 157 Å². The van der Waals surface area contributed by atoms with Crippen molar-refractivity contribution in [2.75, 3.05) is 0 Å². The normalized spacial score (nSPS) is 20.5. The molecule has 0 bridgehead atoms. The molecule has 1 aromatic carbocycles. The quantitative estimate of drug-likeness (QED) is 0.293. The Balaban J connectivity index is 1.55. The van der Waals surface area contributed by atoms with Crippen molar-refractivity contribution in [2.45, 2.75) is 94.8 Å². The van der Waals surface area contributed by atoms with Crippen LogP contribution in [0.1, 0.15) is 87.0 Å². The fourth-order valence-corrected chi connectivity index (χ4v) is 4.67. The van der Waals surface area contributed by atoms with Crippen LogP contribution in [0.5, 0.6) is 0 Å². The maximum Gasteiger partial charge on any atom is 0.0223 e. The van der Waals surface area contributed by atoms with E-state index in [-0.39, 0.29) is 0 Å². The van der Waals surface area contributed by atoms with Gasteiger partial charge in [0.05, 0.1) is 0 Å². The van der Waals surface area contributed by atoms with Crippen molar-refractivity contribution in [2.24, 2.45) is 5.41 Å². The van der Waals surface area contributed by atoms with E-state index < -0.39 is 0 Å². The Hall–Kier alpha value is -0.0500. The summed E-state index contributed by atoms with van der Waals surface area (Å²) in [4.78, 5) is 0. The molecule has 2 saturated carbocycles. The van der Waals surface area contributed by atoms with E-state index in [2.05, 4.69) is 55.5 Å². The van der Waals surface area contributed by atoms with Crippen LogP contribution in [-0.4, -0.2) is 3.42 Å². The molecule has 3 rings (SSSR count). The standard InChI is InChI=1S/C22H33I/c1-4-21(11-12-21)9-5-7-19-15-17(2)18(3)20(16-19)8-6-10-22(23)13-14-22/h15-16H,4-14H2,1-3H3. The molecule has 0 N–H and O–H groups in total. The van der Waals surface area contributed by atoms with Crippen molar-refractivity contribution in [1.29, 1.82) is 0 Å². The molecule has 0 aromatic heterocycles. The molecule has 1 aromatic rings. The summed E-state index contributed by atoms with van der Waals surface area (Å²) in [5.74, 6) is 0. The van der Waals surface area contributed by atoms with Crippen LogP contribution in [0.15, 0.2) is 12.1 Å². The Morgan fingerprint density at radius 3 is 2.26 bits per heavy atom. The topological polar surface area (TPSA) is 0 Å². The number of alkyl halides is 1. The maximum absolute atomic E-state index is 2.69. The van der Waals surface area contributed by atoms with E-state index in [1.54, 1.807) is 16.7 Å². The highest BCUT2D eigenvalue weighted by Gasteiger charge is 2.39. The fourth-order valence-electron chi connectivity index (χ4n) is 4.02. The highest BCUT2D eigenvalue weighted by molar-refractivity contribution is 14.1. The number of halogens is 1. The summed E-state index contributed by atoms with van der Waals surface area (Å²) in [6.07, 6.45) is 15.4. The SMILES string of the molecule is CCC1(CCCc2cc(C)c(C)c(CCCC3(I)CC3)c2)CC1. The van der Waals surface area contributed by atoms with E-state index >= 15 is 0 Å². The van der Waals surface area contributed by atoms with Crippen molar-refractivity contribution in [3.8, 4) is 0 Å². The minimum Gasteiger partial charge on any atom is -0.0789 e. The number of aryl methyl sites for hydroxylation is 3. The monoisotopic (exact) mass is 424 g/mol. The molecule has 0 spiro atoms. The molecule has 128 valence electrons. The van der Waals surface area contributed by atoms with Crippen LogP contribution in [-0.2, 0) is 12.8 Å². The molecule has 0 amide bonds. The first kappa shape index (κ1) is 17.8. The first-order chi connectivity index (χ1) is 11.0. The van der Waals surface area contributed by atoms with E-state index in [9.17, 15) is 0 Å². The summed E-state index contributed by atoms with van der Waals surface area (Å²) in [6.45, 7) is 7.00. The molecule has 0 nitrogen and oxygen atoms in total. The second kappa shape index (κ2) is 7.06. The van der Waals surface area contributed by atoms with Crippen LogP contribution >= 0.6 is 22.6 Å². The lowest BCUT2D eigenvalue weighted by atomic mass is 9.91. The summed E-state index contributed by atoms with van der Waals surface area (Å²) in [7, 11) is 0. The maximum atomic E-state index is 2.69. The molecular weight excluding hydrogens is 391 g/mol. The number of hydrogen-bond acceptors (Lipinski definition) is 0. The molecule has 2 fully saturated rings. The van der Waals surface area contributed by atoms with Crippen LogP contribution in [0.25, 0.3) is 0 Å². The van der Waals surface area contributed by atoms with E-state index in [1.807, 2.05) is 0 Å². The van der Waals surface area contributed by atoms with Crippen LogP contribution in [0.3, 0.4) is 0 Å². The van der Waals surface area contributed by atoms with Crippen molar-refractivity contribution >= 4 is 22.6 Å². The predicted molar refractivity (Wildman–Crippen MR) is 110 cm³/mol. The molecule has 0 aliphatic heterocycles. The van der Waals surface area contributed by atoms with Crippen molar-refractivity contribution < 1.29 is 0 Å². The molecular formula is C22H33I. The van der Waals surface area contributed by atoms with Gasteiger partial charge < -0.3 is 0 Å².